The standard InChI is InChI=1S/C11H20N2S/c1-7-8(11(5,6)12)14-9(13-7)10(2,3)4/h12H2,1-6H3. The van der Waals surface area contributed by atoms with E-state index in [-0.39, 0.29) is 11.0 Å². The van der Waals surface area contributed by atoms with Crippen LogP contribution >= 0.6 is 11.3 Å². The molecular formula is C11H20N2S. The summed E-state index contributed by atoms with van der Waals surface area (Å²) in [5, 5.41) is 1.17. The third-order valence-electron chi connectivity index (χ3n) is 2.02. The van der Waals surface area contributed by atoms with E-state index in [0.717, 1.165) is 5.69 Å². The molecule has 0 aliphatic carbocycles. The zero-order chi connectivity index (χ0) is 11.1. The van der Waals surface area contributed by atoms with E-state index in [1.807, 2.05) is 20.8 Å². The fourth-order valence-corrected chi connectivity index (χ4v) is 2.45. The number of rotatable bonds is 1. The molecule has 2 nitrogen and oxygen atoms in total. The Labute approximate surface area is 90.6 Å². The Hall–Kier alpha value is -0.410. The minimum Gasteiger partial charge on any atom is -0.321 e. The van der Waals surface area contributed by atoms with Crippen molar-refractivity contribution in [3.63, 3.8) is 0 Å². The van der Waals surface area contributed by atoms with Crippen molar-refractivity contribution in [2.24, 2.45) is 5.73 Å². The molecule has 0 saturated carbocycles. The van der Waals surface area contributed by atoms with Gasteiger partial charge in [0.25, 0.3) is 0 Å². The smallest absolute Gasteiger partial charge is 0.0985 e. The normalized spacial score (nSPS) is 13.4. The van der Waals surface area contributed by atoms with Crippen molar-refractivity contribution in [2.45, 2.75) is 52.5 Å². The molecule has 0 saturated heterocycles. The SMILES string of the molecule is Cc1nc(C(C)(C)C)sc1C(C)(C)N. The maximum absolute atomic E-state index is 6.08. The van der Waals surface area contributed by atoms with E-state index >= 15 is 0 Å². The maximum Gasteiger partial charge on any atom is 0.0985 e. The van der Waals surface area contributed by atoms with E-state index in [4.69, 9.17) is 5.73 Å². The van der Waals surface area contributed by atoms with Crippen molar-refractivity contribution < 1.29 is 0 Å². The molecule has 3 heteroatoms. The van der Waals surface area contributed by atoms with Gasteiger partial charge < -0.3 is 5.73 Å². The van der Waals surface area contributed by atoms with Gasteiger partial charge in [0.2, 0.25) is 0 Å². The van der Waals surface area contributed by atoms with Crippen molar-refractivity contribution in [1.82, 2.24) is 4.98 Å². The highest BCUT2D eigenvalue weighted by Gasteiger charge is 2.25. The molecule has 0 aromatic carbocycles. The lowest BCUT2D eigenvalue weighted by Gasteiger charge is -2.17. The van der Waals surface area contributed by atoms with Crippen molar-refractivity contribution in [3.05, 3.63) is 15.6 Å². The van der Waals surface area contributed by atoms with E-state index in [0.29, 0.717) is 0 Å². The van der Waals surface area contributed by atoms with E-state index in [9.17, 15) is 0 Å². The molecule has 2 N–H and O–H groups in total. The summed E-state index contributed by atoms with van der Waals surface area (Å²) in [5.41, 5.74) is 7.01. The van der Waals surface area contributed by atoms with Gasteiger partial charge in [0, 0.05) is 15.8 Å². The molecule has 1 rings (SSSR count). The first-order valence-electron chi connectivity index (χ1n) is 4.89. The zero-order valence-corrected chi connectivity index (χ0v) is 10.7. The molecule has 0 amide bonds. The minimum absolute atomic E-state index is 0.124. The Morgan fingerprint density at radius 3 is 1.86 bits per heavy atom. The summed E-state index contributed by atoms with van der Waals surface area (Å²) in [6, 6.07) is 0. The average molecular weight is 212 g/mol. The first-order chi connectivity index (χ1) is 6.12. The fourth-order valence-electron chi connectivity index (χ4n) is 1.32. The van der Waals surface area contributed by atoms with Crippen molar-refractivity contribution >= 4 is 11.3 Å². The van der Waals surface area contributed by atoms with Crippen LogP contribution in [0, 0.1) is 6.92 Å². The predicted molar refractivity (Wildman–Crippen MR) is 62.8 cm³/mol. The molecule has 80 valence electrons. The molecule has 0 fully saturated rings. The Bertz CT molecular complexity index is 326. The maximum atomic E-state index is 6.08. The molecular weight excluding hydrogens is 192 g/mol. The monoisotopic (exact) mass is 212 g/mol. The van der Waals surface area contributed by atoms with Gasteiger partial charge in [-0.3, -0.25) is 0 Å². The highest BCUT2D eigenvalue weighted by molar-refractivity contribution is 7.12. The van der Waals surface area contributed by atoms with Gasteiger partial charge in [-0.1, -0.05) is 20.8 Å². The van der Waals surface area contributed by atoms with Crippen LogP contribution in [-0.2, 0) is 11.0 Å². The zero-order valence-electron chi connectivity index (χ0n) is 9.93. The second-order valence-corrected chi connectivity index (χ2v) is 6.40. The summed E-state index contributed by atoms with van der Waals surface area (Å²) < 4.78 is 0. The first-order valence-corrected chi connectivity index (χ1v) is 5.71. The van der Waals surface area contributed by atoms with Crippen LogP contribution in [0.4, 0.5) is 0 Å². The summed E-state index contributed by atoms with van der Waals surface area (Å²) in [6.07, 6.45) is 0. The Morgan fingerprint density at radius 2 is 1.64 bits per heavy atom. The Balaban J connectivity index is 3.19. The molecule has 1 aromatic heterocycles. The Morgan fingerprint density at radius 1 is 1.14 bits per heavy atom. The van der Waals surface area contributed by atoms with Gasteiger partial charge in [-0.25, -0.2) is 4.98 Å². The highest BCUT2D eigenvalue weighted by Crippen LogP contribution is 2.33. The molecule has 0 aliphatic rings. The highest BCUT2D eigenvalue weighted by atomic mass is 32.1. The Kier molecular flexibility index (Phi) is 2.76. The lowest BCUT2D eigenvalue weighted by molar-refractivity contribution is 0.561. The second-order valence-electron chi connectivity index (χ2n) is 5.41. The summed E-state index contributed by atoms with van der Waals surface area (Å²) in [4.78, 5) is 5.78. The van der Waals surface area contributed by atoms with Gasteiger partial charge in [-0.2, -0.15) is 0 Å². The van der Waals surface area contributed by atoms with Crippen LogP contribution in [0.15, 0.2) is 0 Å². The molecule has 0 aliphatic heterocycles. The van der Waals surface area contributed by atoms with Gasteiger partial charge in [0.1, 0.15) is 0 Å². The number of hydrogen-bond acceptors (Lipinski definition) is 3. The summed E-state index contributed by atoms with van der Waals surface area (Å²) in [5.74, 6) is 0. The molecule has 14 heavy (non-hydrogen) atoms. The molecule has 0 unspecified atom stereocenters. The van der Waals surface area contributed by atoms with Gasteiger partial charge in [0.15, 0.2) is 0 Å². The molecule has 0 bridgehead atoms. The van der Waals surface area contributed by atoms with E-state index in [1.165, 1.54) is 9.88 Å². The summed E-state index contributed by atoms with van der Waals surface area (Å²) >= 11 is 1.74. The van der Waals surface area contributed by atoms with Crippen LogP contribution in [-0.4, -0.2) is 4.98 Å². The van der Waals surface area contributed by atoms with Crippen molar-refractivity contribution in [1.29, 1.82) is 0 Å². The third-order valence-corrected chi connectivity index (χ3v) is 3.95. The lowest BCUT2D eigenvalue weighted by atomic mass is 9.98. The summed E-state index contributed by atoms with van der Waals surface area (Å²) in [7, 11) is 0. The van der Waals surface area contributed by atoms with Crippen molar-refractivity contribution in [3.8, 4) is 0 Å². The molecule has 1 heterocycles. The first kappa shape index (κ1) is 11.7. The second kappa shape index (κ2) is 3.31. The van der Waals surface area contributed by atoms with Gasteiger partial charge in [0.05, 0.1) is 10.7 Å². The number of hydrogen-bond donors (Lipinski definition) is 1. The third kappa shape index (κ3) is 2.34. The van der Waals surface area contributed by atoms with Gasteiger partial charge >= 0.3 is 0 Å². The topological polar surface area (TPSA) is 38.9 Å². The predicted octanol–water partition coefficient (Wildman–Crippen LogP) is 2.94. The van der Waals surface area contributed by atoms with Crippen LogP contribution in [0.5, 0.6) is 0 Å². The largest absolute Gasteiger partial charge is 0.321 e. The van der Waals surface area contributed by atoms with Crippen LogP contribution in [0.3, 0.4) is 0 Å². The number of thiazole rings is 1. The lowest BCUT2D eigenvalue weighted by Crippen LogP contribution is -2.28. The quantitative estimate of drug-likeness (QED) is 0.777. The van der Waals surface area contributed by atoms with E-state index in [1.54, 1.807) is 11.3 Å². The molecule has 0 radical (unpaired) electrons. The fraction of sp³-hybridized carbons (Fsp3) is 0.727. The van der Waals surface area contributed by atoms with Crippen molar-refractivity contribution in [2.75, 3.05) is 0 Å². The van der Waals surface area contributed by atoms with Gasteiger partial charge in [-0.15, -0.1) is 11.3 Å². The molecule has 1 aromatic rings. The molecule has 0 atom stereocenters. The van der Waals surface area contributed by atoms with Crippen LogP contribution < -0.4 is 5.73 Å². The van der Waals surface area contributed by atoms with Crippen LogP contribution in [0.1, 0.15) is 50.2 Å². The minimum atomic E-state index is -0.273. The van der Waals surface area contributed by atoms with E-state index in [2.05, 4.69) is 25.8 Å². The van der Waals surface area contributed by atoms with Crippen LogP contribution in [0.2, 0.25) is 0 Å². The molecule has 0 spiro atoms. The number of aryl methyl sites for hydroxylation is 1. The van der Waals surface area contributed by atoms with E-state index < -0.39 is 0 Å². The number of nitrogens with two attached hydrogens (primary N) is 1. The van der Waals surface area contributed by atoms with Crippen LogP contribution in [0.25, 0.3) is 0 Å². The summed E-state index contributed by atoms with van der Waals surface area (Å²) in [6.45, 7) is 12.6. The average Bonchev–Trinajstić information content (AvgIpc) is 2.27. The number of aromatic nitrogens is 1. The van der Waals surface area contributed by atoms with Gasteiger partial charge in [-0.05, 0) is 20.8 Å². The number of nitrogens with zero attached hydrogens (tertiary/aromatic N) is 1.